The van der Waals surface area contributed by atoms with Crippen LogP contribution in [0.5, 0.6) is 0 Å². The number of imidazole rings is 1. The molecule has 0 spiro atoms. The second-order valence-corrected chi connectivity index (χ2v) is 6.68. The third kappa shape index (κ3) is 3.10. The maximum atomic E-state index is 12.7. The molecule has 0 aromatic carbocycles. The molecule has 0 saturated carbocycles. The molecule has 1 aliphatic heterocycles. The average Bonchev–Trinajstić information content (AvgIpc) is 3.29. The first-order chi connectivity index (χ1) is 12.6. The molecule has 0 radical (unpaired) electrons. The van der Waals surface area contributed by atoms with Crippen molar-refractivity contribution in [3.8, 4) is 11.4 Å². The first-order valence-corrected chi connectivity index (χ1v) is 8.69. The number of aromatic nitrogens is 6. The van der Waals surface area contributed by atoms with E-state index < -0.39 is 0 Å². The van der Waals surface area contributed by atoms with Crippen molar-refractivity contribution in [2.75, 3.05) is 13.1 Å². The van der Waals surface area contributed by atoms with Gasteiger partial charge in [0.1, 0.15) is 11.4 Å². The number of carbonyl (C=O) groups is 1. The molecular weight excluding hydrogens is 330 g/mol. The molecule has 0 N–H and O–H groups in total. The summed E-state index contributed by atoms with van der Waals surface area (Å²) in [6.07, 6.45) is 10.8. The molecule has 26 heavy (non-hydrogen) atoms. The fourth-order valence-electron chi connectivity index (χ4n) is 3.40. The van der Waals surface area contributed by atoms with Crippen LogP contribution in [0.15, 0.2) is 37.2 Å². The number of hydrogen-bond donors (Lipinski definition) is 0. The summed E-state index contributed by atoms with van der Waals surface area (Å²) in [6, 6.07) is 1.76. The molecule has 134 valence electrons. The minimum absolute atomic E-state index is 0.0222. The second kappa shape index (κ2) is 6.70. The van der Waals surface area contributed by atoms with Gasteiger partial charge < -0.3 is 9.47 Å². The molecule has 3 aromatic heterocycles. The summed E-state index contributed by atoms with van der Waals surface area (Å²) in [5.41, 5.74) is 3.14. The summed E-state index contributed by atoms with van der Waals surface area (Å²) < 4.78 is 3.57. The Morgan fingerprint density at radius 3 is 2.81 bits per heavy atom. The second-order valence-electron chi connectivity index (χ2n) is 6.68. The molecule has 4 heterocycles. The van der Waals surface area contributed by atoms with Crippen LogP contribution in [-0.4, -0.2) is 53.2 Å². The van der Waals surface area contributed by atoms with Crippen LogP contribution in [-0.2, 0) is 14.1 Å². The van der Waals surface area contributed by atoms with Gasteiger partial charge in [0, 0.05) is 45.5 Å². The number of amides is 1. The van der Waals surface area contributed by atoms with Gasteiger partial charge in [-0.25, -0.2) is 9.97 Å². The molecule has 8 heteroatoms. The Hall–Kier alpha value is -3.03. The summed E-state index contributed by atoms with van der Waals surface area (Å²) in [7, 11) is 3.75. The third-order valence-corrected chi connectivity index (χ3v) is 4.79. The SMILES string of the molecule is Cn1ccc(C(=O)N2CCC[C@H](c3cncc(-c4cncn4C)n3)C2)n1. The lowest BCUT2D eigenvalue weighted by Crippen LogP contribution is -2.39. The Bertz CT molecular complexity index is 929. The van der Waals surface area contributed by atoms with Gasteiger partial charge in [0.05, 0.1) is 30.1 Å². The smallest absolute Gasteiger partial charge is 0.274 e. The fraction of sp³-hybridized carbons (Fsp3) is 0.389. The lowest BCUT2D eigenvalue weighted by Gasteiger charge is -2.32. The van der Waals surface area contributed by atoms with E-state index in [0.717, 1.165) is 36.5 Å². The van der Waals surface area contributed by atoms with E-state index in [2.05, 4.69) is 15.1 Å². The quantitative estimate of drug-likeness (QED) is 0.716. The fourth-order valence-corrected chi connectivity index (χ4v) is 3.40. The van der Waals surface area contributed by atoms with Gasteiger partial charge in [-0.15, -0.1) is 0 Å². The Kier molecular flexibility index (Phi) is 4.24. The standard InChI is InChI=1S/C18H21N7O/c1-23-12-20-10-17(23)16-9-19-8-15(21-16)13-4-3-6-25(11-13)18(26)14-5-7-24(2)22-14/h5,7-10,12-13H,3-4,6,11H2,1-2H3/t13-/m0/s1. The van der Waals surface area contributed by atoms with E-state index >= 15 is 0 Å². The minimum atomic E-state index is -0.0222. The topological polar surface area (TPSA) is 81.7 Å². The van der Waals surface area contributed by atoms with Gasteiger partial charge >= 0.3 is 0 Å². The maximum Gasteiger partial charge on any atom is 0.274 e. The third-order valence-electron chi connectivity index (χ3n) is 4.79. The van der Waals surface area contributed by atoms with Crippen LogP contribution in [0.3, 0.4) is 0 Å². The lowest BCUT2D eigenvalue weighted by atomic mass is 9.94. The number of hydrogen-bond acceptors (Lipinski definition) is 5. The highest BCUT2D eigenvalue weighted by Gasteiger charge is 2.27. The number of aryl methyl sites for hydroxylation is 2. The van der Waals surface area contributed by atoms with Crippen LogP contribution < -0.4 is 0 Å². The van der Waals surface area contributed by atoms with Crippen LogP contribution in [0.1, 0.15) is 34.9 Å². The van der Waals surface area contributed by atoms with E-state index in [4.69, 9.17) is 4.98 Å². The molecule has 1 aliphatic rings. The largest absolute Gasteiger partial charge is 0.337 e. The van der Waals surface area contributed by atoms with Gasteiger partial charge in [-0.2, -0.15) is 5.10 Å². The van der Waals surface area contributed by atoms with Gasteiger partial charge in [0.25, 0.3) is 5.91 Å². The van der Waals surface area contributed by atoms with E-state index in [1.807, 2.05) is 23.6 Å². The number of piperidine rings is 1. The monoisotopic (exact) mass is 351 g/mol. The van der Waals surface area contributed by atoms with Crippen LogP contribution in [0.2, 0.25) is 0 Å². The van der Waals surface area contributed by atoms with Gasteiger partial charge in [-0.3, -0.25) is 14.5 Å². The van der Waals surface area contributed by atoms with E-state index in [-0.39, 0.29) is 11.8 Å². The summed E-state index contributed by atoms with van der Waals surface area (Å²) in [4.78, 5) is 27.9. The summed E-state index contributed by atoms with van der Waals surface area (Å²) in [5, 5.41) is 4.23. The molecule has 0 aliphatic carbocycles. The average molecular weight is 351 g/mol. The van der Waals surface area contributed by atoms with Gasteiger partial charge in [-0.1, -0.05) is 0 Å². The zero-order valence-corrected chi connectivity index (χ0v) is 14.9. The van der Waals surface area contributed by atoms with E-state index in [1.54, 1.807) is 41.9 Å². The molecule has 1 fully saturated rings. The molecule has 1 atom stereocenters. The van der Waals surface area contributed by atoms with Crippen molar-refractivity contribution in [3.63, 3.8) is 0 Å². The van der Waals surface area contributed by atoms with Gasteiger partial charge in [0.2, 0.25) is 0 Å². The van der Waals surface area contributed by atoms with Gasteiger partial charge in [-0.05, 0) is 18.9 Å². The highest BCUT2D eigenvalue weighted by Crippen LogP contribution is 2.27. The van der Waals surface area contributed by atoms with Crippen molar-refractivity contribution >= 4 is 5.91 Å². The zero-order valence-electron chi connectivity index (χ0n) is 14.9. The first-order valence-electron chi connectivity index (χ1n) is 8.69. The van der Waals surface area contributed by atoms with Gasteiger partial charge in [0.15, 0.2) is 0 Å². The Labute approximate surface area is 151 Å². The van der Waals surface area contributed by atoms with Crippen molar-refractivity contribution in [2.24, 2.45) is 14.1 Å². The Balaban J connectivity index is 1.55. The predicted molar refractivity (Wildman–Crippen MR) is 95.3 cm³/mol. The molecule has 0 unspecified atom stereocenters. The highest BCUT2D eigenvalue weighted by atomic mass is 16.2. The Morgan fingerprint density at radius 2 is 2.08 bits per heavy atom. The van der Waals surface area contributed by atoms with E-state index in [0.29, 0.717) is 12.2 Å². The minimum Gasteiger partial charge on any atom is -0.337 e. The number of nitrogens with zero attached hydrogens (tertiary/aromatic N) is 7. The van der Waals surface area contributed by atoms with Crippen LogP contribution in [0, 0.1) is 0 Å². The normalized spacial score (nSPS) is 17.5. The van der Waals surface area contributed by atoms with Crippen molar-refractivity contribution in [1.82, 2.24) is 34.2 Å². The summed E-state index contributed by atoms with van der Waals surface area (Å²) in [5.74, 6) is 0.156. The Morgan fingerprint density at radius 1 is 1.19 bits per heavy atom. The van der Waals surface area contributed by atoms with E-state index in [9.17, 15) is 4.79 Å². The number of likely N-dealkylation sites (tertiary alicyclic amines) is 1. The predicted octanol–water partition coefficient (Wildman–Crippen LogP) is 1.63. The molecule has 4 rings (SSSR count). The number of carbonyl (C=O) groups excluding carboxylic acids is 1. The molecular formula is C18H21N7O. The van der Waals surface area contributed by atoms with E-state index in [1.165, 1.54) is 0 Å². The first kappa shape index (κ1) is 16.4. The van der Waals surface area contributed by atoms with Crippen molar-refractivity contribution in [3.05, 3.63) is 48.6 Å². The summed E-state index contributed by atoms with van der Waals surface area (Å²) >= 11 is 0. The summed E-state index contributed by atoms with van der Waals surface area (Å²) in [6.45, 7) is 1.39. The lowest BCUT2D eigenvalue weighted by molar-refractivity contribution is 0.0699. The van der Waals surface area contributed by atoms with Crippen LogP contribution in [0.4, 0.5) is 0 Å². The maximum absolute atomic E-state index is 12.7. The highest BCUT2D eigenvalue weighted by molar-refractivity contribution is 5.92. The van der Waals surface area contributed by atoms with Crippen molar-refractivity contribution in [2.45, 2.75) is 18.8 Å². The molecule has 3 aromatic rings. The van der Waals surface area contributed by atoms with Crippen molar-refractivity contribution < 1.29 is 4.79 Å². The van der Waals surface area contributed by atoms with Crippen LogP contribution in [0.25, 0.3) is 11.4 Å². The molecule has 1 amide bonds. The zero-order chi connectivity index (χ0) is 18.1. The number of rotatable bonds is 3. The molecule has 1 saturated heterocycles. The molecule has 8 nitrogen and oxygen atoms in total. The van der Waals surface area contributed by atoms with Crippen LogP contribution >= 0.6 is 0 Å². The van der Waals surface area contributed by atoms with Crippen molar-refractivity contribution in [1.29, 1.82) is 0 Å². The molecule has 0 bridgehead atoms.